The van der Waals surface area contributed by atoms with E-state index in [-0.39, 0.29) is 24.0 Å². The number of nitrogens with one attached hydrogen (secondary N) is 1. The van der Waals surface area contributed by atoms with Crippen molar-refractivity contribution < 1.29 is 22.7 Å². The summed E-state index contributed by atoms with van der Waals surface area (Å²) in [5, 5.41) is 2.91. The predicted octanol–water partition coefficient (Wildman–Crippen LogP) is 2.79. The Labute approximate surface area is 188 Å². The van der Waals surface area contributed by atoms with Gasteiger partial charge in [-0.3, -0.25) is 9.10 Å². The van der Waals surface area contributed by atoms with Crippen molar-refractivity contribution in [3.8, 4) is 0 Å². The summed E-state index contributed by atoms with van der Waals surface area (Å²) < 4.78 is 30.7. The summed E-state index contributed by atoms with van der Waals surface area (Å²) in [7, 11) is -3.39. The monoisotopic (exact) mass is 456 g/mol. The number of esters is 1. The molecule has 4 rings (SSSR count). The Hall–Kier alpha value is -2.87. The van der Waals surface area contributed by atoms with E-state index in [0.717, 1.165) is 24.8 Å². The van der Waals surface area contributed by atoms with Crippen LogP contribution < -0.4 is 9.62 Å². The van der Waals surface area contributed by atoms with Crippen LogP contribution in [0.25, 0.3) is 0 Å². The molecule has 32 heavy (non-hydrogen) atoms. The second kappa shape index (κ2) is 8.58. The van der Waals surface area contributed by atoms with Crippen molar-refractivity contribution >= 4 is 27.6 Å². The first kappa shape index (κ1) is 22.3. The molecule has 1 aliphatic heterocycles. The molecule has 1 saturated carbocycles. The molecule has 1 fully saturated rings. The fourth-order valence-corrected chi connectivity index (χ4v) is 5.99. The lowest BCUT2D eigenvalue weighted by Gasteiger charge is -2.42. The molecule has 1 amide bonds. The van der Waals surface area contributed by atoms with Crippen molar-refractivity contribution in [2.24, 2.45) is 0 Å². The molecule has 0 bridgehead atoms. The van der Waals surface area contributed by atoms with Gasteiger partial charge in [0.05, 0.1) is 17.5 Å². The van der Waals surface area contributed by atoms with Gasteiger partial charge in [0.25, 0.3) is 5.91 Å². The molecule has 1 heterocycles. The molecule has 1 atom stereocenters. The molecule has 0 radical (unpaired) electrons. The minimum absolute atomic E-state index is 0.0386. The SMILES string of the molecule is CC1Cc2cc(C(=O)OCC(=O)NCC3(c4ccccc4)CCC3)ccc2N1S(C)(=O)=O. The first-order valence-corrected chi connectivity index (χ1v) is 12.7. The van der Waals surface area contributed by atoms with E-state index in [4.69, 9.17) is 4.74 Å². The number of rotatable bonds is 7. The summed E-state index contributed by atoms with van der Waals surface area (Å²) in [6.45, 7) is 1.99. The molecule has 2 aromatic carbocycles. The van der Waals surface area contributed by atoms with Gasteiger partial charge in [0, 0.05) is 18.0 Å². The predicted molar refractivity (Wildman–Crippen MR) is 122 cm³/mol. The Balaban J connectivity index is 1.33. The molecular weight excluding hydrogens is 428 g/mol. The Morgan fingerprint density at radius 3 is 2.50 bits per heavy atom. The van der Waals surface area contributed by atoms with Crippen LogP contribution in [0, 0.1) is 0 Å². The topological polar surface area (TPSA) is 92.8 Å². The lowest BCUT2D eigenvalue weighted by molar-refractivity contribution is -0.124. The van der Waals surface area contributed by atoms with Gasteiger partial charge in [0.15, 0.2) is 6.61 Å². The number of hydrogen-bond donors (Lipinski definition) is 1. The number of carbonyl (C=O) groups is 2. The summed E-state index contributed by atoms with van der Waals surface area (Å²) >= 11 is 0. The highest BCUT2D eigenvalue weighted by molar-refractivity contribution is 7.92. The minimum atomic E-state index is -3.39. The summed E-state index contributed by atoms with van der Waals surface area (Å²) in [6.07, 6.45) is 4.87. The van der Waals surface area contributed by atoms with Crippen LogP contribution in [0.4, 0.5) is 5.69 Å². The lowest BCUT2D eigenvalue weighted by Crippen LogP contribution is -2.46. The third kappa shape index (κ3) is 4.37. The Bertz CT molecular complexity index is 1130. The van der Waals surface area contributed by atoms with Crippen LogP contribution >= 0.6 is 0 Å². The maximum Gasteiger partial charge on any atom is 0.338 e. The van der Waals surface area contributed by atoms with Gasteiger partial charge in [-0.15, -0.1) is 0 Å². The van der Waals surface area contributed by atoms with Crippen molar-refractivity contribution in [1.29, 1.82) is 0 Å². The second-order valence-corrected chi connectivity index (χ2v) is 10.7. The smallest absolute Gasteiger partial charge is 0.338 e. The molecule has 7 nitrogen and oxygen atoms in total. The van der Waals surface area contributed by atoms with Gasteiger partial charge >= 0.3 is 5.97 Å². The zero-order valence-corrected chi connectivity index (χ0v) is 19.2. The van der Waals surface area contributed by atoms with Crippen molar-refractivity contribution in [2.75, 3.05) is 23.7 Å². The summed E-state index contributed by atoms with van der Waals surface area (Å²) in [5.41, 5.74) is 2.85. The van der Waals surface area contributed by atoms with E-state index < -0.39 is 16.0 Å². The van der Waals surface area contributed by atoms with Crippen LogP contribution in [0.5, 0.6) is 0 Å². The van der Waals surface area contributed by atoms with Crippen molar-refractivity contribution in [3.63, 3.8) is 0 Å². The van der Waals surface area contributed by atoms with Gasteiger partial charge in [0.2, 0.25) is 10.0 Å². The first-order chi connectivity index (χ1) is 15.2. The zero-order valence-electron chi connectivity index (χ0n) is 18.3. The number of amides is 1. The second-order valence-electron chi connectivity index (χ2n) is 8.81. The molecule has 8 heteroatoms. The van der Waals surface area contributed by atoms with Gasteiger partial charge in [-0.1, -0.05) is 36.8 Å². The van der Waals surface area contributed by atoms with Crippen LogP contribution in [-0.4, -0.2) is 45.7 Å². The summed E-state index contributed by atoms with van der Waals surface area (Å²) in [4.78, 5) is 24.8. The van der Waals surface area contributed by atoms with Gasteiger partial charge in [-0.2, -0.15) is 0 Å². The molecular formula is C24H28N2O5S. The molecule has 2 aromatic rings. The number of benzene rings is 2. The van der Waals surface area contributed by atoms with Crippen LogP contribution in [0.2, 0.25) is 0 Å². The number of nitrogens with zero attached hydrogens (tertiary/aromatic N) is 1. The molecule has 1 N–H and O–H groups in total. The van der Waals surface area contributed by atoms with Crippen LogP contribution in [0.3, 0.4) is 0 Å². The Morgan fingerprint density at radius 1 is 1.16 bits per heavy atom. The van der Waals surface area contributed by atoms with E-state index in [2.05, 4.69) is 17.4 Å². The highest BCUT2D eigenvalue weighted by atomic mass is 32.2. The molecule has 1 aliphatic carbocycles. The molecule has 1 unspecified atom stereocenters. The zero-order chi connectivity index (χ0) is 22.9. The van der Waals surface area contributed by atoms with Crippen LogP contribution in [0.1, 0.15) is 47.7 Å². The first-order valence-electron chi connectivity index (χ1n) is 10.8. The fraction of sp³-hybridized carbons (Fsp3) is 0.417. The van der Waals surface area contributed by atoms with E-state index in [1.165, 1.54) is 22.2 Å². The maximum atomic E-state index is 12.5. The Morgan fingerprint density at radius 2 is 1.88 bits per heavy atom. The molecule has 170 valence electrons. The number of ether oxygens (including phenoxy) is 1. The molecule has 0 aromatic heterocycles. The van der Waals surface area contributed by atoms with Crippen molar-refractivity contribution in [2.45, 2.75) is 44.1 Å². The Kier molecular flexibility index (Phi) is 5.99. The third-order valence-electron chi connectivity index (χ3n) is 6.48. The number of anilines is 1. The largest absolute Gasteiger partial charge is 0.452 e. The van der Waals surface area contributed by atoms with Crippen LogP contribution in [-0.2, 0) is 31.4 Å². The summed E-state index contributed by atoms with van der Waals surface area (Å²) in [5.74, 6) is -0.937. The highest BCUT2D eigenvalue weighted by Crippen LogP contribution is 2.43. The van der Waals surface area contributed by atoms with Crippen LogP contribution in [0.15, 0.2) is 48.5 Å². The van der Waals surface area contributed by atoms with Gasteiger partial charge in [0.1, 0.15) is 0 Å². The number of carbonyl (C=O) groups excluding carboxylic acids is 2. The van der Waals surface area contributed by atoms with E-state index in [9.17, 15) is 18.0 Å². The molecule has 0 saturated heterocycles. The molecule has 2 aliphatic rings. The molecule has 0 spiro atoms. The lowest BCUT2D eigenvalue weighted by atomic mass is 9.64. The number of sulfonamides is 1. The van der Waals surface area contributed by atoms with Gasteiger partial charge in [-0.05, 0) is 55.5 Å². The summed E-state index contributed by atoms with van der Waals surface area (Å²) in [6, 6.07) is 14.8. The quantitative estimate of drug-likeness (QED) is 0.647. The standard InChI is InChI=1S/C24H28N2O5S/c1-17-13-19-14-18(9-10-21(19)26(17)32(2,29)30)23(28)31-15-22(27)25-16-24(11-6-12-24)20-7-4-3-5-8-20/h3-5,7-10,14,17H,6,11-13,15-16H2,1-2H3,(H,25,27). The maximum absolute atomic E-state index is 12.5. The van der Waals surface area contributed by atoms with E-state index >= 15 is 0 Å². The van der Waals surface area contributed by atoms with Gasteiger partial charge < -0.3 is 10.1 Å². The van der Waals surface area contributed by atoms with Crippen molar-refractivity contribution in [1.82, 2.24) is 5.32 Å². The number of hydrogen-bond acceptors (Lipinski definition) is 5. The van der Waals surface area contributed by atoms with Gasteiger partial charge in [-0.25, -0.2) is 13.2 Å². The average Bonchev–Trinajstić information content (AvgIpc) is 3.07. The number of fused-ring (bicyclic) bond motifs is 1. The highest BCUT2D eigenvalue weighted by Gasteiger charge is 2.38. The third-order valence-corrected chi connectivity index (χ3v) is 7.75. The van der Waals surface area contributed by atoms with E-state index in [1.54, 1.807) is 12.1 Å². The average molecular weight is 457 g/mol. The minimum Gasteiger partial charge on any atom is -0.452 e. The normalized spacial score (nSPS) is 19.1. The fourth-order valence-electron chi connectivity index (χ4n) is 4.73. The van der Waals surface area contributed by atoms with E-state index in [0.29, 0.717) is 24.2 Å². The van der Waals surface area contributed by atoms with Crippen molar-refractivity contribution in [3.05, 3.63) is 65.2 Å². The van der Waals surface area contributed by atoms with E-state index in [1.807, 2.05) is 25.1 Å².